The molecule has 5 heteroatoms. The van der Waals surface area contributed by atoms with E-state index < -0.39 is 0 Å². The van der Waals surface area contributed by atoms with E-state index in [0.29, 0.717) is 0 Å². The van der Waals surface area contributed by atoms with Crippen molar-refractivity contribution in [1.82, 2.24) is 14.3 Å². The predicted octanol–water partition coefficient (Wildman–Crippen LogP) is 10.8. The van der Waals surface area contributed by atoms with Crippen LogP contribution in [0.1, 0.15) is 16.7 Å². The molecular weight excluding hydrogens is 599 g/mol. The molecule has 238 valence electrons. The zero-order valence-electron chi connectivity index (χ0n) is 28.2. The normalized spacial score (nSPS) is 12.7. The summed E-state index contributed by atoms with van der Waals surface area (Å²) in [5.74, 6) is 0. The lowest BCUT2D eigenvalue weighted by atomic mass is 9.92. The van der Waals surface area contributed by atoms with Crippen LogP contribution in [0.15, 0.2) is 140 Å². The molecule has 9 rings (SSSR count). The third-order valence-corrected chi connectivity index (χ3v) is 9.97. The van der Waals surface area contributed by atoms with Crippen LogP contribution in [0.2, 0.25) is 0 Å². The third kappa shape index (κ3) is 4.73. The number of fused-ring (bicyclic) bond motifs is 4. The van der Waals surface area contributed by atoms with Gasteiger partial charge in [0.25, 0.3) is 0 Å². The van der Waals surface area contributed by atoms with Gasteiger partial charge in [-0.25, -0.2) is 4.68 Å². The van der Waals surface area contributed by atoms with Crippen LogP contribution in [0.25, 0.3) is 55.6 Å². The van der Waals surface area contributed by atoms with Gasteiger partial charge in [-0.2, -0.15) is 5.10 Å². The van der Waals surface area contributed by atoms with E-state index >= 15 is 0 Å². The Kier molecular flexibility index (Phi) is 6.70. The van der Waals surface area contributed by atoms with Crippen molar-refractivity contribution in [3.05, 3.63) is 156 Å². The van der Waals surface area contributed by atoms with Gasteiger partial charge in [-0.05, 0) is 86.0 Å². The maximum atomic E-state index is 5.29. The van der Waals surface area contributed by atoms with Crippen molar-refractivity contribution < 1.29 is 0 Å². The molecule has 0 unspecified atom stereocenters. The number of para-hydroxylation sites is 3. The zero-order valence-corrected chi connectivity index (χ0v) is 28.2. The molecule has 0 saturated heterocycles. The minimum Gasteiger partial charge on any atom is -0.355 e. The summed E-state index contributed by atoms with van der Waals surface area (Å²) in [6, 6.07) is 48.1. The van der Waals surface area contributed by atoms with E-state index in [-0.39, 0.29) is 0 Å². The van der Waals surface area contributed by atoms with E-state index in [1.165, 1.54) is 55.6 Å². The largest absolute Gasteiger partial charge is 0.355 e. The summed E-state index contributed by atoms with van der Waals surface area (Å²) in [5, 5.41) is 7.74. The first-order valence-corrected chi connectivity index (χ1v) is 16.9. The Morgan fingerprint density at radius 3 is 2.08 bits per heavy atom. The van der Waals surface area contributed by atoms with E-state index in [0.717, 1.165) is 40.4 Å². The first kappa shape index (κ1) is 29.1. The number of rotatable bonds is 5. The summed E-state index contributed by atoms with van der Waals surface area (Å²) in [7, 11) is 2.16. The molecule has 0 fully saturated rings. The topological polar surface area (TPSA) is 29.2 Å². The molecule has 6 aromatic carbocycles. The SMILES string of the molecule is Cc1cc(C)c(-c2cn(-c3ccc4c5ccccc5n(-c5cccc(N6CN(C)c7ccccc76)c5)c4c3)nc2-c2ccccc2)c(C)c1. The van der Waals surface area contributed by atoms with Gasteiger partial charge >= 0.3 is 0 Å². The van der Waals surface area contributed by atoms with Gasteiger partial charge in [0.05, 0.1) is 34.8 Å². The highest BCUT2D eigenvalue weighted by atomic mass is 15.4. The van der Waals surface area contributed by atoms with Crippen LogP contribution in [-0.2, 0) is 0 Å². The molecule has 1 aliphatic heterocycles. The van der Waals surface area contributed by atoms with E-state index in [1.807, 2.05) is 0 Å². The molecule has 0 spiro atoms. The summed E-state index contributed by atoms with van der Waals surface area (Å²) in [6.45, 7) is 7.39. The fourth-order valence-electron chi connectivity index (χ4n) is 7.88. The standard InChI is InChI=1S/C44H37N5/c1-29-23-30(2)43(31(3)24-29)38-27-48(45-44(38)32-13-6-5-7-14-32)34-21-22-37-36-17-8-9-18-39(36)49(42(37)26-34)35-16-12-15-33(25-35)47-28-46(4)40-19-10-11-20-41(40)47/h5-27H,28H2,1-4H3. The second kappa shape index (κ2) is 11.3. The number of benzene rings is 6. The molecule has 0 N–H and O–H groups in total. The maximum absolute atomic E-state index is 5.29. The Labute approximate surface area is 286 Å². The van der Waals surface area contributed by atoms with Crippen LogP contribution in [0.5, 0.6) is 0 Å². The van der Waals surface area contributed by atoms with Crippen LogP contribution < -0.4 is 9.80 Å². The van der Waals surface area contributed by atoms with E-state index in [9.17, 15) is 0 Å². The lowest BCUT2D eigenvalue weighted by Gasteiger charge is -2.21. The predicted molar refractivity (Wildman–Crippen MR) is 205 cm³/mol. The number of hydrogen-bond acceptors (Lipinski definition) is 3. The Morgan fingerprint density at radius 2 is 1.27 bits per heavy atom. The molecule has 3 heterocycles. The highest BCUT2D eigenvalue weighted by Gasteiger charge is 2.25. The number of nitrogens with zero attached hydrogens (tertiary/aromatic N) is 5. The summed E-state index contributed by atoms with van der Waals surface area (Å²) < 4.78 is 4.46. The van der Waals surface area contributed by atoms with Crippen molar-refractivity contribution in [3.63, 3.8) is 0 Å². The zero-order chi connectivity index (χ0) is 33.2. The minimum absolute atomic E-state index is 0.811. The Morgan fingerprint density at radius 1 is 0.571 bits per heavy atom. The van der Waals surface area contributed by atoms with Crippen molar-refractivity contribution in [1.29, 1.82) is 0 Å². The van der Waals surface area contributed by atoms with Crippen LogP contribution in [0.4, 0.5) is 17.1 Å². The minimum atomic E-state index is 0.811. The highest BCUT2D eigenvalue weighted by Crippen LogP contribution is 2.42. The molecule has 0 saturated carbocycles. The summed E-state index contributed by atoms with van der Waals surface area (Å²) in [6.07, 6.45) is 2.21. The average molecular weight is 636 g/mol. The molecular formula is C44H37N5. The maximum Gasteiger partial charge on any atom is 0.101 e. The Bertz CT molecular complexity index is 2510. The second-order valence-corrected chi connectivity index (χ2v) is 13.3. The quantitative estimate of drug-likeness (QED) is 0.188. The van der Waals surface area contributed by atoms with Crippen LogP contribution >= 0.6 is 0 Å². The van der Waals surface area contributed by atoms with Crippen molar-refractivity contribution in [2.75, 3.05) is 23.5 Å². The number of aromatic nitrogens is 3. The van der Waals surface area contributed by atoms with E-state index in [2.05, 4.69) is 187 Å². The Balaban J connectivity index is 1.23. The molecule has 0 amide bonds. The van der Waals surface area contributed by atoms with Gasteiger partial charge in [-0.1, -0.05) is 90.5 Å². The van der Waals surface area contributed by atoms with E-state index in [1.54, 1.807) is 0 Å². The molecule has 0 bridgehead atoms. The molecule has 0 radical (unpaired) electrons. The van der Waals surface area contributed by atoms with Gasteiger partial charge < -0.3 is 14.4 Å². The molecule has 0 aliphatic carbocycles. The first-order valence-electron chi connectivity index (χ1n) is 16.9. The monoisotopic (exact) mass is 635 g/mol. The summed E-state index contributed by atoms with van der Waals surface area (Å²) in [4.78, 5) is 4.69. The van der Waals surface area contributed by atoms with Crippen LogP contribution in [0.3, 0.4) is 0 Å². The van der Waals surface area contributed by atoms with Crippen molar-refractivity contribution in [2.24, 2.45) is 0 Å². The number of aryl methyl sites for hydroxylation is 3. The van der Waals surface area contributed by atoms with Crippen molar-refractivity contribution >= 4 is 38.9 Å². The third-order valence-electron chi connectivity index (χ3n) is 9.97. The first-order chi connectivity index (χ1) is 23.9. The molecule has 5 nitrogen and oxygen atoms in total. The summed E-state index contributed by atoms with van der Waals surface area (Å²) in [5.41, 5.74) is 16.4. The van der Waals surface area contributed by atoms with Gasteiger partial charge in [0, 0.05) is 46.5 Å². The van der Waals surface area contributed by atoms with Gasteiger partial charge in [0.2, 0.25) is 0 Å². The van der Waals surface area contributed by atoms with Gasteiger partial charge in [-0.15, -0.1) is 0 Å². The van der Waals surface area contributed by atoms with E-state index in [4.69, 9.17) is 5.10 Å². The molecule has 49 heavy (non-hydrogen) atoms. The number of hydrogen-bond donors (Lipinski definition) is 0. The lowest BCUT2D eigenvalue weighted by molar-refractivity contribution is 0.885. The van der Waals surface area contributed by atoms with Crippen LogP contribution in [0, 0.1) is 20.8 Å². The molecule has 8 aromatic rings. The fourth-order valence-corrected chi connectivity index (χ4v) is 7.88. The number of anilines is 3. The van der Waals surface area contributed by atoms with Crippen molar-refractivity contribution in [3.8, 4) is 33.8 Å². The fraction of sp³-hybridized carbons (Fsp3) is 0.114. The smallest absolute Gasteiger partial charge is 0.101 e. The van der Waals surface area contributed by atoms with Gasteiger partial charge in [-0.3, -0.25) is 0 Å². The highest BCUT2D eigenvalue weighted by molar-refractivity contribution is 6.09. The molecule has 0 atom stereocenters. The molecule has 2 aromatic heterocycles. The average Bonchev–Trinajstić information content (AvgIpc) is 3.80. The lowest BCUT2D eigenvalue weighted by Crippen LogP contribution is -2.24. The Hall–Kier alpha value is -6.07. The van der Waals surface area contributed by atoms with Crippen LogP contribution in [-0.4, -0.2) is 28.1 Å². The summed E-state index contributed by atoms with van der Waals surface area (Å²) >= 11 is 0. The second-order valence-electron chi connectivity index (χ2n) is 13.3. The van der Waals surface area contributed by atoms with Gasteiger partial charge in [0.1, 0.15) is 5.69 Å². The van der Waals surface area contributed by atoms with Gasteiger partial charge in [0.15, 0.2) is 0 Å². The van der Waals surface area contributed by atoms with Crippen molar-refractivity contribution in [2.45, 2.75) is 20.8 Å². The molecule has 1 aliphatic rings.